The molecule has 5 N–H and O–H groups in total. The SMILES string of the molecule is Cc1ccc([C@@](Cc2ccccc2)(NC(=O)C(O)(C(=O)N[C@](Cc2ccccc2)(c2ccc(F)cc2)c2cc(F)cc(C(F)(F)F)c2)C(F)(F)F)c2cc(F)cc(C(F)(F)F)c2)cc1.O=C(NC(C(=O)N[C@](Cc1ccccc1)(c1ccc(F)cc1)c1cc(F)cc(OC(F)(F)C(F)F)c1)C(F)(F)F)OCc1ccccc1. The zero-order valence-corrected chi connectivity index (χ0v) is 57.5. The summed E-state index contributed by atoms with van der Waals surface area (Å²) in [7, 11) is 0. The summed E-state index contributed by atoms with van der Waals surface area (Å²) in [6.45, 7) is 1.12. The molecule has 10 aromatic rings. The molecule has 0 radical (unpaired) electrons. The van der Waals surface area contributed by atoms with Gasteiger partial charge < -0.3 is 35.8 Å². The smallest absolute Gasteiger partial charge is 0.445 e. The van der Waals surface area contributed by atoms with Crippen LogP contribution < -0.4 is 26.0 Å². The summed E-state index contributed by atoms with van der Waals surface area (Å²) in [5.74, 6) is -14.7. The maximum absolute atomic E-state index is 15.7. The van der Waals surface area contributed by atoms with Gasteiger partial charge in [0.15, 0.2) is 0 Å². The predicted octanol–water partition coefficient (Wildman–Crippen LogP) is 18.3. The summed E-state index contributed by atoms with van der Waals surface area (Å²) in [6.07, 6.45) is -35.5. The van der Waals surface area contributed by atoms with Crippen molar-refractivity contribution in [3.63, 3.8) is 0 Å². The Labute approximate surface area is 623 Å². The van der Waals surface area contributed by atoms with Gasteiger partial charge in [-0.3, -0.25) is 14.4 Å². The average Bonchev–Trinajstić information content (AvgIpc) is 0.736. The second kappa shape index (κ2) is 33.8. The van der Waals surface area contributed by atoms with E-state index in [1.54, 1.807) is 31.2 Å². The Morgan fingerprint density at radius 1 is 0.384 bits per heavy atom. The molecule has 11 nitrogen and oxygen atoms in total. The van der Waals surface area contributed by atoms with Gasteiger partial charge in [-0.15, -0.1) is 0 Å². The van der Waals surface area contributed by atoms with Crippen LogP contribution in [0, 0.1) is 36.0 Å². The molecule has 32 heteroatoms. The fourth-order valence-electron chi connectivity index (χ4n) is 12.2. The fourth-order valence-corrected chi connectivity index (χ4v) is 12.2. The number of carbonyl (C=O) groups is 4. The molecule has 0 spiro atoms. The molecule has 0 saturated carbocycles. The topological polar surface area (TPSA) is 155 Å². The first-order chi connectivity index (χ1) is 52.5. The van der Waals surface area contributed by atoms with E-state index in [0.29, 0.717) is 53.6 Å². The Hall–Kier alpha value is -11.8. The van der Waals surface area contributed by atoms with Gasteiger partial charge in [-0.05, 0) is 135 Å². The molecule has 10 rings (SSSR count). The van der Waals surface area contributed by atoms with Crippen molar-refractivity contribution < 1.29 is 126 Å². The van der Waals surface area contributed by atoms with Gasteiger partial charge in [-0.25, -0.2) is 26.7 Å². The Morgan fingerprint density at radius 3 is 1.06 bits per heavy atom. The number of alkyl halides is 16. The van der Waals surface area contributed by atoms with Crippen LogP contribution >= 0.6 is 0 Å². The molecule has 0 aliphatic rings. The van der Waals surface area contributed by atoms with Crippen LogP contribution in [-0.4, -0.2) is 65.5 Å². The Balaban J connectivity index is 0.000000268. The molecule has 2 unspecified atom stereocenters. The highest BCUT2D eigenvalue weighted by Crippen LogP contribution is 2.45. The molecule has 0 aromatic heterocycles. The maximum Gasteiger partial charge on any atom is 0.461 e. The van der Waals surface area contributed by atoms with E-state index in [0.717, 1.165) is 48.5 Å². The number of nitrogens with one attached hydrogen (secondary N) is 4. The number of ether oxygens (including phenoxy) is 2. The lowest BCUT2D eigenvalue weighted by molar-refractivity contribution is -0.253. The lowest BCUT2D eigenvalue weighted by Crippen LogP contribution is -2.70. The minimum atomic E-state index is -6.35. The molecule has 588 valence electrons. The Bertz CT molecular complexity index is 4740. The first-order valence-electron chi connectivity index (χ1n) is 32.9. The highest BCUT2D eigenvalue weighted by molar-refractivity contribution is 6.10. The predicted molar refractivity (Wildman–Crippen MR) is 363 cm³/mol. The minimum absolute atomic E-state index is 0.0662. The Morgan fingerprint density at radius 2 is 0.714 bits per heavy atom. The number of alkyl carbamates (subject to hydrolysis) is 1. The van der Waals surface area contributed by atoms with Crippen LogP contribution in [0.5, 0.6) is 5.75 Å². The van der Waals surface area contributed by atoms with Crippen LogP contribution in [0.1, 0.15) is 72.3 Å². The highest BCUT2D eigenvalue weighted by atomic mass is 19.4. The molecule has 112 heavy (non-hydrogen) atoms. The third-order valence-corrected chi connectivity index (χ3v) is 17.6. The molecular weight excluding hydrogens is 1530 g/mol. The monoisotopic (exact) mass is 1590 g/mol. The highest BCUT2D eigenvalue weighted by Gasteiger charge is 2.67. The summed E-state index contributed by atoms with van der Waals surface area (Å²) in [5, 5.41) is 19.2. The molecule has 4 amide bonds. The Kier molecular flexibility index (Phi) is 25.4. The van der Waals surface area contributed by atoms with Crippen molar-refractivity contribution in [1.82, 2.24) is 21.3 Å². The number of halogens is 21. The lowest BCUT2D eigenvalue weighted by Gasteiger charge is -2.42. The zero-order chi connectivity index (χ0) is 82.0. The third kappa shape index (κ3) is 20.0. The van der Waals surface area contributed by atoms with E-state index in [1.807, 2.05) is 10.6 Å². The lowest BCUT2D eigenvalue weighted by atomic mass is 9.75. The van der Waals surface area contributed by atoms with E-state index in [9.17, 15) is 94.5 Å². The number of rotatable bonds is 24. The third-order valence-electron chi connectivity index (χ3n) is 17.6. The summed E-state index contributed by atoms with van der Waals surface area (Å²) < 4.78 is 312. The summed E-state index contributed by atoms with van der Waals surface area (Å²) >= 11 is 0. The second-order valence-electron chi connectivity index (χ2n) is 25.5. The molecule has 0 bridgehead atoms. The van der Waals surface area contributed by atoms with Crippen molar-refractivity contribution in [3.05, 3.63) is 350 Å². The van der Waals surface area contributed by atoms with Crippen LogP contribution in [-0.2, 0) is 74.0 Å². The fraction of sp³-hybridized carbons (Fsp3) is 0.200. The van der Waals surface area contributed by atoms with Gasteiger partial charge in [0.25, 0.3) is 17.7 Å². The number of benzene rings is 10. The normalized spacial score (nSPS) is 14.5. The van der Waals surface area contributed by atoms with Gasteiger partial charge in [0.05, 0.1) is 27.7 Å². The number of hydrogen-bond donors (Lipinski definition) is 5. The van der Waals surface area contributed by atoms with Crippen LogP contribution in [0.15, 0.2) is 249 Å². The average molecular weight is 1590 g/mol. The first-order valence-corrected chi connectivity index (χ1v) is 32.9. The first kappa shape index (κ1) is 84.2. The van der Waals surface area contributed by atoms with Crippen molar-refractivity contribution in [2.45, 2.75) is 98.3 Å². The van der Waals surface area contributed by atoms with E-state index in [4.69, 9.17) is 4.74 Å². The van der Waals surface area contributed by atoms with Gasteiger partial charge in [0, 0.05) is 25.3 Å². The van der Waals surface area contributed by atoms with Crippen molar-refractivity contribution >= 4 is 23.8 Å². The number of aryl methyl sites for hydroxylation is 1. The van der Waals surface area contributed by atoms with E-state index in [-0.39, 0.29) is 39.9 Å². The standard InChI is InChI=1S/C47H34F12N2O3.C33H25F9N2O4/c1-28-12-14-31(15-13-28)42(26-29-8-4-2-5-9-29,33-20-35(45(51,52)53)24-38(49)22-33)60-40(62)44(64,47(57,58)59)41(63)61-43(27-30-10-6-3-7-11-30,32-16-18-37(48)19-17-32)34-21-36(46(54,55)56)25-39(50)23-34;34-24-13-11-22(12-14-24)31(18-20-7-3-1-4-8-20,23-15-25(35)17-26(16-23)48-33(41,42)29(36)37)44-28(45)27(32(38,39)40)43-30(46)47-19-21-9-5-2-6-10-21/h2-25,64H,26-27H2,1H3,(H,60,62)(H,61,63);1-17,27,29H,18-19H2,(H,43,46)(H,44,45)/t42-,43-,44?;27?,31-/m11/s1. The van der Waals surface area contributed by atoms with Crippen molar-refractivity contribution in [3.8, 4) is 5.75 Å². The van der Waals surface area contributed by atoms with Gasteiger partial charge in [-0.2, -0.15) is 70.2 Å². The van der Waals surface area contributed by atoms with E-state index in [2.05, 4.69) is 10.1 Å². The van der Waals surface area contributed by atoms with Gasteiger partial charge in [0.2, 0.25) is 6.04 Å². The minimum Gasteiger partial charge on any atom is -0.445 e. The molecule has 0 aliphatic carbocycles. The van der Waals surface area contributed by atoms with Gasteiger partial charge >= 0.3 is 48.9 Å². The van der Waals surface area contributed by atoms with Crippen LogP contribution in [0.4, 0.5) is 97.0 Å². The summed E-state index contributed by atoms with van der Waals surface area (Å²) in [5.41, 5.74) is -18.1. The molecule has 0 saturated heterocycles. The van der Waals surface area contributed by atoms with Crippen molar-refractivity contribution in [1.29, 1.82) is 0 Å². The second-order valence-corrected chi connectivity index (χ2v) is 25.5. The maximum atomic E-state index is 15.7. The molecule has 0 heterocycles. The molecular formula is C80H59F21N4O7. The van der Waals surface area contributed by atoms with E-state index >= 15 is 22.0 Å². The number of carbonyl (C=O) groups excluding carboxylic acids is 4. The van der Waals surface area contributed by atoms with Gasteiger partial charge in [-0.1, -0.05) is 175 Å². The zero-order valence-electron chi connectivity index (χ0n) is 57.5. The van der Waals surface area contributed by atoms with Crippen LogP contribution in [0.3, 0.4) is 0 Å². The van der Waals surface area contributed by atoms with E-state index in [1.165, 1.54) is 127 Å². The van der Waals surface area contributed by atoms with Crippen LogP contribution in [0.25, 0.3) is 0 Å². The largest absolute Gasteiger partial charge is 0.461 e. The molecule has 10 aromatic carbocycles. The van der Waals surface area contributed by atoms with Gasteiger partial charge in [0.1, 0.15) is 41.4 Å². The molecule has 5 atom stereocenters. The van der Waals surface area contributed by atoms with E-state index < -0.39 is 183 Å². The molecule has 0 fully saturated rings. The van der Waals surface area contributed by atoms with Crippen molar-refractivity contribution in [2.75, 3.05) is 0 Å². The number of amides is 4. The molecule has 0 aliphatic heterocycles. The summed E-state index contributed by atoms with van der Waals surface area (Å²) in [4.78, 5) is 55.2. The summed E-state index contributed by atoms with van der Waals surface area (Å²) in [6, 6.07) is 41.9. The number of hydrogen-bond acceptors (Lipinski definition) is 7. The van der Waals surface area contributed by atoms with Crippen molar-refractivity contribution in [2.24, 2.45) is 0 Å². The number of aliphatic hydroxyl groups is 1. The van der Waals surface area contributed by atoms with Crippen LogP contribution in [0.2, 0.25) is 0 Å². The quantitative estimate of drug-likeness (QED) is 0.0298.